The molecule has 2 nitrogen and oxygen atoms in total. The molecule has 1 aromatic carbocycles. The maximum Gasteiger partial charge on any atom is 0.0959 e. The van der Waals surface area contributed by atoms with Crippen LogP contribution in [0.15, 0.2) is 36.5 Å². The summed E-state index contributed by atoms with van der Waals surface area (Å²) in [6.45, 7) is 3.27. The van der Waals surface area contributed by atoms with Crippen molar-refractivity contribution in [3.63, 3.8) is 0 Å². The van der Waals surface area contributed by atoms with Gasteiger partial charge in [0.25, 0.3) is 0 Å². The van der Waals surface area contributed by atoms with Gasteiger partial charge >= 0.3 is 0 Å². The van der Waals surface area contributed by atoms with Crippen molar-refractivity contribution >= 4 is 21.9 Å². The highest BCUT2D eigenvalue weighted by Crippen LogP contribution is 2.30. The molecule has 0 aliphatic heterocycles. The highest BCUT2D eigenvalue weighted by molar-refractivity contribution is 6.05. The average molecular weight is 335 g/mol. The van der Waals surface area contributed by atoms with E-state index in [2.05, 4.69) is 46.8 Å². The minimum Gasteiger partial charge on any atom is -0.339 e. The van der Waals surface area contributed by atoms with Crippen molar-refractivity contribution < 1.29 is 0 Å². The number of benzene rings is 1. The van der Waals surface area contributed by atoms with E-state index in [0.717, 1.165) is 18.0 Å². The van der Waals surface area contributed by atoms with Gasteiger partial charge in [-0.25, -0.2) is 0 Å². The van der Waals surface area contributed by atoms with Crippen LogP contribution >= 0.6 is 0 Å². The first-order chi connectivity index (χ1) is 12.3. The fraction of sp³-hybridized carbons (Fsp3) is 0.522. The Kier molecular flexibility index (Phi) is 5.05. The van der Waals surface area contributed by atoms with Crippen LogP contribution in [0.4, 0.5) is 0 Å². The van der Waals surface area contributed by atoms with E-state index < -0.39 is 0 Å². The predicted octanol–water partition coefficient (Wildman–Crippen LogP) is 6.64. The third-order valence-electron chi connectivity index (χ3n) is 5.99. The van der Waals surface area contributed by atoms with E-state index in [0.29, 0.717) is 0 Å². The first kappa shape index (κ1) is 16.6. The van der Waals surface area contributed by atoms with Crippen LogP contribution in [0.2, 0.25) is 0 Å². The first-order valence-corrected chi connectivity index (χ1v) is 10.2. The molecule has 2 aromatic heterocycles. The number of fused-ring (bicyclic) bond motifs is 3. The monoisotopic (exact) mass is 334 g/mol. The van der Waals surface area contributed by atoms with E-state index in [1.54, 1.807) is 0 Å². The molecule has 0 saturated heterocycles. The minimum absolute atomic E-state index is 1.02. The minimum atomic E-state index is 1.02. The Bertz CT molecular complexity index is 840. The molecule has 1 saturated carbocycles. The van der Waals surface area contributed by atoms with Gasteiger partial charge in [-0.2, -0.15) is 0 Å². The fourth-order valence-corrected chi connectivity index (χ4v) is 4.62. The SMILES string of the molecule is Cc1ccc2c(c1)c1ncccc1n2CCCCCC1CCCCC1. The lowest BCUT2D eigenvalue weighted by Crippen LogP contribution is -2.06. The van der Waals surface area contributed by atoms with Crippen LogP contribution in [0.5, 0.6) is 0 Å². The van der Waals surface area contributed by atoms with Crippen LogP contribution in [0, 0.1) is 12.8 Å². The van der Waals surface area contributed by atoms with Crippen molar-refractivity contribution in [3.8, 4) is 0 Å². The highest BCUT2D eigenvalue weighted by Gasteiger charge is 2.13. The van der Waals surface area contributed by atoms with Gasteiger partial charge in [-0.05, 0) is 43.5 Å². The number of aromatic nitrogens is 2. The van der Waals surface area contributed by atoms with Gasteiger partial charge in [-0.15, -0.1) is 0 Å². The predicted molar refractivity (Wildman–Crippen MR) is 107 cm³/mol. The van der Waals surface area contributed by atoms with Crippen molar-refractivity contribution in [2.75, 3.05) is 0 Å². The zero-order valence-corrected chi connectivity index (χ0v) is 15.5. The molecule has 1 aliphatic rings. The molecule has 1 aliphatic carbocycles. The van der Waals surface area contributed by atoms with Crippen molar-refractivity contribution in [2.45, 2.75) is 71.3 Å². The Morgan fingerprint density at radius 3 is 2.76 bits per heavy atom. The maximum atomic E-state index is 4.66. The molecule has 4 rings (SSSR count). The topological polar surface area (TPSA) is 17.8 Å². The van der Waals surface area contributed by atoms with E-state index in [-0.39, 0.29) is 0 Å². The molecule has 2 heterocycles. The van der Waals surface area contributed by atoms with Crippen LogP contribution in [0.25, 0.3) is 21.9 Å². The maximum absolute atomic E-state index is 4.66. The average Bonchev–Trinajstić information content (AvgIpc) is 2.96. The lowest BCUT2D eigenvalue weighted by atomic mass is 9.85. The second-order valence-electron chi connectivity index (χ2n) is 7.90. The standard InChI is InChI=1S/C23H30N2/c1-18-13-14-21-20(17-18)23-22(12-8-15-24-23)25(21)16-7-3-6-11-19-9-4-2-5-10-19/h8,12-15,17,19H,2-7,9-11,16H2,1H3. The zero-order chi connectivity index (χ0) is 17.1. The second kappa shape index (κ2) is 7.59. The van der Waals surface area contributed by atoms with Crippen LogP contribution in [-0.4, -0.2) is 9.55 Å². The van der Waals surface area contributed by atoms with Crippen molar-refractivity contribution in [3.05, 3.63) is 42.1 Å². The molecule has 2 heteroatoms. The summed E-state index contributed by atoms with van der Waals surface area (Å²) in [5.74, 6) is 1.02. The van der Waals surface area contributed by atoms with Crippen molar-refractivity contribution in [1.29, 1.82) is 0 Å². The van der Waals surface area contributed by atoms with Gasteiger partial charge in [-0.3, -0.25) is 4.98 Å². The quantitative estimate of drug-likeness (QED) is 0.462. The first-order valence-electron chi connectivity index (χ1n) is 10.2. The van der Waals surface area contributed by atoms with E-state index in [9.17, 15) is 0 Å². The van der Waals surface area contributed by atoms with E-state index in [4.69, 9.17) is 0 Å². The van der Waals surface area contributed by atoms with Crippen LogP contribution in [-0.2, 0) is 6.54 Å². The van der Waals surface area contributed by atoms with Gasteiger partial charge in [0.05, 0.1) is 16.6 Å². The molecule has 0 N–H and O–H groups in total. The lowest BCUT2D eigenvalue weighted by Gasteiger charge is -2.21. The third kappa shape index (κ3) is 3.58. The number of hydrogen-bond donors (Lipinski definition) is 0. The number of aryl methyl sites for hydroxylation is 2. The summed E-state index contributed by atoms with van der Waals surface area (Å²) in [6.07, 6.45) is 14.8. The smallest absolute Gasteiger partial charge is 0.0959 e. The molecule has 0 bridgehead atoms. The number of pyridine rings is 1. The van der Waals surface area contributed by atoms with E-state index in [1.807, 2.05) is 6.20 Å². The Balaban J connectivity index is 1.43. The summed E-state index contributed by atoms with van der Waals surface area (Å²) in [6, 6.07) is 11.1. The summed E-state index contributed by atoms with van der Waals surface area (Å²) in [5.41, 5.74) is 5.09. The summed E-state index contributed by atoms with van der Waals surface area (Å²) in [5, 5.41) is 1.30. The summed E-state index contributed by atoms with van der Waals surface area (Å²) in [7, 11) is 0. The van der Waals surface area contributed by atoms with Gasteiger partial charge in [0.15, 0.2) is 0 Å². The Hall–Kier alpha value is -1.83. The molecule has 132 valence electrons. The molecule has 0 atom stereocenters. The largest absolute Gasteiger partial charge is 0.339 e. The molecule has 0 spiro atoms. The highest BCUT2D eigenvalue weighted by atomic mass is 15.0. The van der Waals surface area contributed by atoms with Gasteiger partial charge < -0.3 is 4.57 Å². The number of nitrogens with zero attached hydrogens (tertiary/aromatic N) is 2. The fourth-order valence-electron chi connectivity index (χ4n) is 4.62. The molecule has 3 aromatic rings. The van der Waals surface area contributed by atoms with Crippen molar-refractivity contribution in [2.24, 2.45) is 5.92 Å². The van der Waals surface area contributed by atoms with Crippen LogP contribution < -0.4 is 0 Å². The van der Waals surface area contributed by atoms with Gasteiger partial charge in [0.2, 0.25) is 0 Å². The van der Waals surface area contributed by atoms with Gasteiger partial charge in [-0.1, -0.05) is 63.0 Å². The third-order valence-corrected chi connectivity index (χ3v) is 5.99. The summed E-state index contributed by atoms with van der Waals surface area (Å²) < 4.78 is 2.48. The Morgan fingerprint density at radius 2 is 1.88 bits per heavy atom. The van der Waals surface area contributed by atoms with E-state index >= 15 is 0 Å². The molecular weight excluding hydrogens is 304 g/mol. The molecular formula is C23H30N2. The van der Waals surface area contributed by atoms with Crippen LogP contribution in [0.1, 0.15) is 63.4 Å². The summed E-state index contributed by atoms with van der Waals surface area (Å²) in [4.78, 5) is 4.66. The number of hydrogen-bond acceptors (Lipinski definition) is 1. The van der Waals surface area contributed by atoms with Gasteiger partial charge in [0.1, 0.15) is 0 Å². The summed E-state index contributed by atoms with van der Waals surface area (Å²) >= 11 is 0. The second-order valence-corrected chi connectivity index (χ2v) is 7.90. The number of rotatable bonds is 6. The lowest BCUT2D eigenvalue weighted by molar-refractivity contribution is 0.327. The molecule has 25 heavy (non-hydrogen) atoms. The molecule has 0 amide bonds. The number of unbranched alkanes of at least 4 members (excludes halogenated alkanes) is 2. The van der Waals surface area contributed by atoms with Crippen molar-refractivity contribution in [1.82, 2.24) is 9.55 Å². The molecule has 1 fully saturated rings. The van der Waals surface area contributed by atoms with Crippen LogP contribution in [0.3, 0.4) is 0 Å². The van der Waals surface area contributed by atoms with E-state index in [1.165, 1.54) is 79.8 Å². The molecule has 0 radical (unpaired) electrons. The van der Waals surface area contributed by atoms with Gasteiger partial charge in [0, 0.05) is 18.1 Å². The molecule has 0 unspecified atom stereocenters. The Labute approximate surface area is 151 Å². The Morgan fingerprint density at radius 1 is 1.00 bits per heavy atom. The zero-order valence-electron chi connectivity index (χ0n) is 15.5. The normalized spacial score (nSPS) is 16.0.